The van der Waals surface area contributed by atoms with Crippen LogP contribution in [0.15, 0.2) is 66.7 Å². The number of aromatic carboxylic acids is 1. The molecule has 0 heterocycles. The highest BCUT2D eigenvalue weighted by molar-refractivity contribution is 5.93. The first kappa shape index (κ1) is 24.6. The highest BCUT2D eigenvalue weighted by atomic mass is 16.5. The zero-order chi connectivity index (χ0) is 23.6. The lowest BCUT2D eigenvalue weighted by atomic mass is 9.91. The fourth-order valence-electron chi connectivity index (χ4n) is 3.98. The number of carboxylic acids is 1. The average Bonchev–Trinajstić information content (AvgIpc) is 2.84. The van der Waals surface area contributed by atoms with E-state index in [1.165, 1.54) is 31.2 Å². The Morgan fingerprint density at radius 1 is 0.848 bits per heavy atom. The van der Waals surface area contributed by atoms with Crippen LogP contribution in [0, 0.1) is 5.92 Å². The second-order valence-electron chi connectivity index (χ2n) is 8.91. The van der Waals surface area contributed by atoms with Crippen molar-refractivity contribution in [2.45, 2.75) is 59.3 Å². The van der Waals surface area contributed by atoms with Crippen molar-refractivity contribution < 1.29 is 14.6 Å². The third-order valence-electron chi connectivity index (χ3n) is 6.24. The van der Waals surface area contributed by atoms with Crippen molar-refractivity contribution in [1.82, 2.24) is 0 Å². The van der Waals surface area contributed by atoms with Crippen LogP contribution in [0.25, 0.3) is 22.3 Å². The number of ether oxygens (including phenoxy) is 1. The minimum Gasteiger partial charge on any atom is -0.494 e. The summed E-state index contributed by atoms with van der Waals surface area (Å²) in [4.78, 5) is 11.6. The molecule has 3 aromatic rings. The molecule has 1 atom stereocenters. The van der Waals surface area contributed by atoms with Crippen molar-refractivity contribution in [3.63, 3.8) is 0 Å². The second-order valence-corrected chi connectivity index (χ2v) is 8.91. The molecule has 3 heteroatoms. The highest BCUT2D eigenvalue weighted by Crippen LogP contribution is 2.34. The first-order chi connectivity index (χ1) is 16.0. The third-order valence-corrected chi connectivity index (χ3v) is 6.24. The maximum Gasteiger partial charge on any atom is 0.335 e. The number of carbonyl (C=O) groups is 1. The van der Waals surface area contributed by atoms with Gasteiger partial charge in [-0.05, 0) is 70.8 Å². The van der Waals surface area contributed by atoms with Gasteiger partial charge in [0.2, 0.25) is 0 Å². The molecule has 3 aromatic carbocycles. The molecule has 0 aliphatic rings. The molecule has 0 fully saturated rings. The fourth-order valence-corrected chi connectivity index (χ4v) is 3.98. The van der Waals surface area contributed by atoms with Gasteiger partial charge in [-0.25, -0.2) is 4.79 Å². The van der Waals surface area contributed by atoms with Crippen molar-refractivity contribution in [2.24, 2.45) is 5.92 Å². The monoisotopic (exact) mass is 444 g/mol. The minimum atomic E-state index is -0.918. The lowest BCUT2D eigenvalue weighted by Crippen LogP contribution is -1.99. The maximum atomic E-state index is 11.6. The van der Waals surface area contributed by atoms with Gasteiger partial charge in [-0.1, -0.05) is 88.9 Å². The zero-order valence-corrected chi connectivity index (χ0v) is 20.1. The fraction of sp³-hybridized carbons (Fsp3) is 0.367. The lowest BCUT2D eigenvalue weighted by Gasteiger charge is -2.14. The van der Waals surface area contributed by atoms with Crippen LogP contribution in [0.4, 0.5) is 0 Å². The van der Waals surface area contributed by atoms with E-state index in [-0.39, 0.29) is 0 Å². The smallest absolute Gasteiger partial charge is 0.335 e. The summed E-state index contributed by atoms with van der Waals surface area (Å²) in [5.74, 6) is 0.591. The first-order valence-electron chi connectivity index (χ1n) is 12.2. The summed E-state index contributed by atoms with van der Waals surface area (Å²) in [6.45, 7) is 7.42. The van der Waals surface area contributed by atoms with Gasteiger partial charge >= 0.3 is 5.97 Å². The average molecular weight is 445 g/mol. The van der Waals surface area contributed by atoms with Crippen LogP contribution >= 0.6 is 0 Å². The zero-order valence-electron chi connectivity index (χ0n) is 20.1. The minimum absolute atomic E-state index is 0.290. The Morgan fingerprint density at radius 2 is 1.52 bits per heavy atom. The van der Waals surface area contributed by atoms with Gasteiger partial charge in [-0.15, -0.1) is 0 Å². The number of unbranched alkanes of at least 4 members (excludes halogenated alkanes) is 3. The number of hydrogen-bond acceptors (Lipinski definition) is 2. The largest absolute Gasteiger partial charge is 0.494 e. The summed E-state index contributed by atoms with van der Waals surface area (Å²) >= 11 is 0. The standard InChI is InChI=1S/C30H36O3/c1-4-6-7-8-19-33-27-16-13-25(14-17-27)29-21-26(30(31)32)15-18-28(29)24-11-9-23(10-12-24)20-22(3)5-2/h9-18,21-22H,4-8,19-20H2,1-3H3,(H,31,32). The van der Waals surface area contributed by atoms with Crippen molar-refractivity contribution in [2.75, 3.05) is 6.61 Å². The van der Waals surface area contributed by atoms with E-state index >= 15 is 0 Å². The van der Waals surface area contributed by atoms with E-state index in [0.717, 1.165) is 47.5 Å². The third kappa shape index (κ3) is 6.95. The Morgan fingerprint density at radius 3 is 2.15 bits per heavy atom. The first-order valence-corrected chi connectivity index (χ1v) is 12.2. The molecule has 0 bridgehead atoms. The summed E-state index contributed by atoms with van der Waals surface area (Å²) in [7, 11) is 0. The van der Waals surface area contributed by atoms with Gasteiger partial charge in [0, 0.05) is 0 Å². The molecule has 1 N–H and O–H groups in total. The molecule has 0 radical (unpaired) electrons. The molecule has 3 nitrogen and oxygen atoms in total. The number of hydrogen-bond donors (Lipinski definition) is 1. The van der Waals surface area contributed by atoms with Gasteiger partial charge in [0.05, 0.1) is 12.2 Å². The maximum absolute atomic E-state index is 11.6. The van der Waals surface area contributed by atoms with E-state index in [1.54, 1.807) is 12.1 Å². The Bertz CT molecular complexity index is 1020. The Labute approximate surface area is 198 Å². The van der Waals surface area contributed by atoms with E-state index in [9.17, 15) is 9.90 Å². The van der Waals surface area contributed by atoms with Crippen molar-refractivity contribution >= 4 is 5.97 Å². The molecular weight excluding hydrogens is 408 g/mol. The van der Waals surface area contributed by atoms with Crippen molar-refractivity contribution in [3.05, 3.63) is 77.9 Å². The predicted octanol–water partition coefficient (Wildman–Crippen LogP) is 8.27. The van der Waals surface area contributed by atoms with Gasteiger partial charge in [0.15, 0.2) is 0 Å². The van der Waals surface area contributed by atoms with Crippen LogP contribution in [-0.4, -0.2) is 17.7 Å². The van der Waals surface area contributed by atoms with Gasteiger partial charge in [-0.2, -0.15) is 0 Å². The quantitative estimate of drug-likeness (QED) is 0.286. The Balaban J connectivity index is 1.85. The number of benzene rings is 3. The molecular formula is C30H36O3. The van der Waals surface area contributed by atoms with Crippen LogP contribution in [0.5, 0.6) is 5.75 Å². The summed E-state index contributed by atoms with van der Waals surface area (Å²) in [6, 6.07) is 22.0. The van der Waals surface area contributed by atoms with Gasteiger partial charge in [-0.3, -0.25) is 0 Å². The summed E-state index contributed by atoms with van der Waals surface area (Å²) < 4.78 is 5.88. The van der Waals surface area contributed by atoms with Gasteiger partial charge < -0.3 is 9.84 Å². The predicted molar refractivity (Wildman–Crippen MR) is 137 cm³/mol. The molecule has 0 spiro atoms. The van der Waals surface area contributed by atoms with Crippen LogP contribution < -0.4 is 4.74 Å². The summed E-state index contributed by atoms with van der Waals surface area (Å²) in [6.07, 6.45) is 6.95. The van der Waals surface area contributed by atoms with E-state index in [0.29, 0.717) is 11.5 Å². The summed E-state index contributed by atoms with van der Waals surface area (Å²) in [5, 5.41) is 9.54. The highest BCUT2D eigenvalue weighted by Gasteiger charge is 2.13. The molecule has 33 heavy (non-hydrogen) atoms. The van der Waals surface area contributed by atoms with E-state index < -0.39 is 5.97 Å². The van der Waals surface area contributed by atoms with Crippen molar-refractivity contribution in [1.29, 1.82) is 0 Å². The lowest BCUT2D eigenvalue weighted by molar-refractivity contribution is 0.0697. The molecule has 3 rings (SSSR count). The molecule has 1 unspecified atom stereocenters. The molecule has 0 saturated carbocycles. The topological polar surface area (TPSA) is 46.5 Å². The Kier molecular flexibility index (Phi) is 9.12. The molecule has 174 valence electrons. The Hall–Kier alpha value is -3.07. The van der Waals surface area contributed by atoms with Crippen LogP contribution in [0.2, 0.25) is 0 Å². The van der Waals surface area contributed by atoms with Crippen LogP contribution in [0.3, 0.4) is 0 Å². The van der Waals surface area contributed by atoms with E-state index in [2.05, 4.69) is 45.0 Å². The molecule has 0 aromatic heterocycles. The number of rotatable bonds is 12. The van der Waals surface area contributed by atoms with Gasteiger partial charge in [0.1, 0.15) is 5.75 Å². The van der Waals surface area contributed by atoms with Crippen LogP contribution in [0.1, 0.15) is 68.8 Å². The van der Waals surface area contributed by atoms with Crippen molar-refractivity contribution in [3.8, 4) is 28.0 Å². The normalized spacial score (nSPS) is 11.8. The molecule has 0 aliphatic heterocycles. The van der Waals surface area contributed by atoms with Gasteiger partial charge in [0.25, 0.3) is 0 Å². The summed E-state index contributed by atoms with van der Waals surface area (Å²) in [5.41, 5.74) is 5.64. The second kappa shape index (κ2) is 12.2. The molecule has 0 aliphatic carbocycles. The van der Waals surface area contributed by atoms with E-state index in [1.807, 2.05) is 30.3 Å². The number of carboxylic acid groups (broad SMARTS) is 1. The molecule has 0 saturated heterocycles. The molecule has 0 amide bonds. The van der Waals surface area contributed by atoms with Crippen LogP contribution in [-0.2, 0) is 6.42 Å². The van der Waals surface area contributed by atoms with E-state index in [4.69, 9.17) is 4.74 Å². The SMILES string of the molecule is CCCCCCOc1ccc(-c2cc(C(=O)O)ccc2-c2ccc(CC(C)CC)cc2)cc1.